The summed E-state index contributed by atoms with van der Waals surface area (Å²) in [5.74, 6) is 0.00125. The van der Waals surface area contributed by atoms with Gasteiger partial charge >= 0.3 is 0 Å². The predicted octanol–water partition coefficient (Wildman–Crippen LogP) is 1.30. The largest absolute Gasteiger partial charge is 0.320 e. The van der Waals surface area contributed by atoms with E-state index in [1.165, 1.54) is 0 Å². The maximum absolute atomic E-state index is 11.9. The van der Waals surface area contributed by atoms with E-state index in [4.69, 9.17) is 5.73 Å². The van der Waals surface area contributed by atoms with Gasteiger partial charge in [-0.15, -0.1) is 0 Å². The summed E-state index contributed by atoms with van der Waals surface area (Å²) in [5.41, 5.74) is 6.65. The fourth-order valence-corrected chi connectivity index (χ4v) is 2.27. The summed E-state index contributed by atoms with van der Waals surface area (Å²) in [6, 6.07) is 7.50. The molecule has 0 bridgehead atoms. The van der Waals surface area contributed by atoms with E-state index in [-0.39, 0.29) is 11.9 Å². The minimum absolute atomic E-state index is 0.00125. The summed E-state index contributed by atoms with van der Waals surface area (Å²) in [7, 11) is 0. The molecule has 0 spiro atoms. The molecule has 0 saturated carbocycles. The lowest BCUT2D eigenvalue weighted by molar-refractivity contribution is -0.118. The van der Waals surface area contributed by atoms with Crippen molar-refractivity contribution in [3.05, 3.63) is 36.7 Å². The normalized spacial score (nSPS) is 20.2. The van der Waals surface area contributed by atoms with E-state index in [0.717, 1.165) is 22.9 Å². The standard InChI is InChI=1S/C13H13N3O/c14-11-5-7-16(13(11)17)12-3-1-2-9-4-6-15-8-10(9)12/h1-4,6,8,11H,5,7,14H2. The van der Waals surface area contributed by atoms with Crippen LogP contribution in [0.5, 0.6) is 0 Å². The van der Waals surface area contributed by atoms with Crippen molar-refractivity contribution in [2.75, 3.05) is 11.4 Å². The molecule has 3 rings (SSSR count). The van der Waals surface area contributed by atoms with E-state index < -0.39 is 0 Å². The third kappa shape index (κ3) is 1.57. The van der Waals surface area contributed by atoms with Crippen molar-refractivity contribution in [2.24, 2.45) is 5.73 Å². The van der Waals surface area contributed by atoms with Crippen LogP contribution in [0.4, 0.5) is 5.69 Å². The minimum Gasteiger partial charge on any atom is -0.320 e. The molecular weight excluding hydrogens is 214 g/mol. The lowest BCUT2D eigenvalue weighted by Crippen LogP contribution is -2.34. The second kappa shape index (κ2) is 3.82. The Kier molecular flexibility index (Phi) is 2.30. The number of hydrogen-bond donors (Lipinski definition) is 1. The third-order valence-electron chi connectivity index (χ3n) is 3.20. The van der Waals surface area contributed by atoms with E-state index >= 15 is 0 Å². The highest BCUT2D eigenvalue weighted by Gasteiger charge is 2.30. The Labute approximate surface area is 99.0 Å². The molecule has 86 valence electrons. The molecule has 4 nitrogen and oxygen atoms in total. The first kappa shape index (κ1) is 10.2. The van der Waals surface area contributed by atoms with Crippen LogP contribution in [0.15, 0.2) is 36.7 Å². The topological polar surface area (TPSA) is 59.2 Å². The van der Waals surface area contributed by atoms with Crippen molar-refractivity contribution >= 4 is 22.4 Å². The van der Waals surface area contributed by atoms with Crippen LogP contribution in [-0.2, 0) is 4.79 Å². The number of fused-ring (bicyclic) bond motifs is 1. The lowest BCUT2D eigenvalue weighted by atomic mass is 10.1. The molecule has 1 aromatic carbocycles. The Balaban J connectivity index is 2.15. The van der Waals surface area contributed by atoms with Crippen LogP contribution in [-0.4, -0.2) is 23.5 Å². The zero-order valence-corrected chi connectivity index (χ0v) is 9.34. The molecule has 1 aliphatic rings. The molecule has 4 heteroatoms. The zero-order chi connectivity index (χ0) is 11.8. The molecule has 1 aromatic heterocycles. The van der Waals surface area contributed by atoms with Crippen molar-refractivity contribution in [1.29, 1.82) is 0 Å². The Morgan fingerprint density at radius 1 is 1.35 bits per heavy atom. The van der Waals surface area contributed by atoms with E-state index in [2.05, 4.69) is 4.98 Å². The van der Waals surface area contributed by atoms with Gasteiger partial charge < -0.3 is 10.6 Å². The summed E-state index contributed by atoms with van der Waals surface area (Å²) in [5, 5.41) is 2.09. The number of carbonyl (C=O) groups is 1. The Morgan fingerprint density at radius 2 is 2.24 bits per heavy atom. The molecule has 17 heavy (non-hydrogen) atoms. The Morgan fingerprint density at radius 3 is 3.00 bits per heavy atom. The van der Waals surface area contributed by atoms with Gasteiger partial charge in [-0.1, -0.05) is 12.1 Å². The Hall–Kier alpha value is -1.94. The number of rotatable bonds is 1. The molecule has 1 atom stereocenters. The number of benzene rings is 1. The number of nitrogens with two attached hydrogens (primary N) is 1. The maximum Gasteiger partial charge on any atom is 0.243 e. The van der Waals surface area contributed by atoms with Crippen molar-refractivity contribution in [3.8, 4) is 0 Å². The maximum atomic E-state index is 11.9. The number of nitrogens with zero attached hydrogens (tertiary/aromatic N) is 2. The molecule has 1 unspecified atom stereocenters. The molecule has 2 aromatic rings. The van der Waals surface area contributed by atoms with Gasteiger partial charge in [-0.05, 0) is 23.9 Å². The number of anilines is 1. The quantitative estimate of drug-likeness (QED) is 0.798. The van der Waals surface area contributed by atoms with Crippen LogP contribution in [0.25, 0.3) is 10.8 Å². The van der Waals surface area contributed by atoms with E-state index in [1.807, 2.05) is 24.3 Å². The van der Waals surface area contributed by atoms with Gasteiger partial charge in [-0.3, -0.25) is 9.78 Å². The molecule has 2 N–H and O–H groups in total. The van der Waals surface area contributed by atoms with Crippen molar-refractivity contribution in [3.63, 3.8) is 0 Å². The monoisotopic (exact) mass is 227 g/mol. The molecule has 0 radical (unpaired) electrons. The Bertz CT molecular complexity index is 576. The molecule has 1 fully saturated rings. The van der Waals surface area contributed by atoms with E-state index in [0.29, 0.717) is 6.54 Å². The van der Waals surface area contributed by atoms with Crippen molar-refractivity contribution < 1.29 is 4.79 Å². The first-order valence-electron chi connectivity index (χ1n) is 5.67. The van der Waals surface area contributed by atoms with Gasteiger partial charge in [0.1, 0.15) is 0 Å². The van der Waals surface area contributed by atoms with Crippen molar-refractivity contribution in [2.45, 2.75) is 12.5 Å². The average Bonchev–Trinajstić information content (AvgIpc) is 2.69. The third-order valence-corrected chi connectivity index (χ3v) is 3.20. The highest BCUT2D eigenvalue weighted by molar-refractivity contribution is 6.06. The number of carbonyl (C=O) groups excluding carboxylic acids is 1. The summed E-state index contributed by atoms with van der Waals surface area (Å²) in [6.07, 6.45) is 4.26. The van der Waals surface area contributed by atoms with Gasteiger partial charge in [-0.2, -0.15) is 0 Å². The van der Waals surface area contributed by atoms with Gasteiger partial charge in [0.05, 0.1) is 11.7 Å². The average molecular weight is 227 g/mol. The van der Waals surface area contributed by atoms with Gasteiger partial charge in [-0.25, -0.2) is 0 Å². The second-order valence-electron chi connectivity index (χ2n) is 4.26. The van der Waals surface area contributed by atoms with Crippen LogP contribution >= 0.6 is 0 Å². The van der Waals surface area contributed by atoms with Gasteiger partial charge in [0, 0.05) is 24.3 Å². The summed E-state index contributed by atoms with van der Waals surface area (Å²) < 4.78 is 0. The smallest absolute Gasteiger partial charge is 0.243 e. The van der Waals surface area contributed by atoms with Gasteiger partial charge in [0.2, 0.25) is 5.91 Å². The van der Waals surface area contributed by atoms with Crippen LogP contribution < -0.4 is 10.6 Å². The highest BCUT2D eigenvalue weighted by atomic mass is 16.2. The number of hydrogen-bond acceptors (Lipinski definition) is 3. The van der Waals surface area contributed by atoms with Crippen LogP contribution in [0.1, 0.15) is 6.42 Å². The van der Waals surface area contributed by atoms with Crippen LogP contribution in [0, 0.1) is 0 Å². The molecule has 0 aliphatic carbocycles. The fraction of sp³-hybridized carbons (Fsp3) is 0.231. The van der Waals surface area contributed by atoms with Crippen molar-refractivity contribution in [1.82, 2.24) is 4.98 Å². The van der Waals surface area contributed by atoms with Gasteiger partial charge in [0.15, 0.2) is 0 Å². The number of amides is 1. The summed E-state index contributed by atoms with van der Waals surface area (Å²) in [4.78, 5) is 17.8. The molecule has 1 saturated heterocycles. The first-order chi connectivity index (χ1) is 8.27. The summed E-state index contributed by atoms with van der Waals surface area (Å²) >= 11 is 0. The molecule has 2 heterocycles. The van der Waals surface area contributed by atoms with E-state index in [9.17, 15) is 4.79 Å². The number of aromatic nitrogens is 1. The molecule has 1 aliphatic heterocycles. The minimum atomic E-state index is -0.359. The molecular formula is C13H13N3O. The zero-order valence-electron chi connectivity index (χ0n) is 9.34. The van der Waals surface area contributed by atoms with Crippen LogP contribution in [0.2, 0.25) is 0 Å². The summed E-state index contributed by atoms with van der Waals surface area (Å²) in [6.45, 7) is 0.688. The molecule has 1 amide bonds. The lowest BCUT2D eigenvalue weighted by Gasteiger charge is -2.18. The SMILES string of the molecule is NC1CCN(c2cccc3ccncc23)C1=O. The van der Waals surface area contributed by atoms with E-state index in [1.54, 1.807) is 17.3 Å². The predicted molar refractivity (Wildman–Crippen MR) is 66.7 cm³/mol. The van der Waals surface area contributed by atoms with Gasteiger partial charge in [0.25, 0.3) is 0 Å². The fourth-order valence-electron chi connectivity index (χ4n) is 2.27. The number of pyridine rings is 1. The second-order valence-corrected chi connectivity index (χ2v) is 4.26. The highest BCUT2D eigenvalue weighted by Crippen LogP contribution is 2.28. The van der Waals surface area contributed by atoms with Crippen LogP contribution in [0.3, 0.4) is 0 Å². The first-order valence-corrected chi connectivity index (χ1v) is 5.67.